The maximum Gasteiger partial charge on any atom is 0.183 e. The number of ketones is 1. The highest BCUT2D eigenvalue weighted by Gasteiger charge is 2.18. The maximum absolute atomic E-state index is 11.9. The molecule has 0 saturated carbocycles. The number of carbonyl (C=O) groups is 1. The Bertz CT molecular complexity index is 384. The molecule has 0 aliphatic rings. The Balaban J connectivity index is 2.54. The third-order valence-electron chi connectivity index (χ3n) is 2.53. The largest absolute Gasteiger partial charge is 0.492 e. The Morgan fingerprint density at radius 1 is 1.33 bits per heavy atom. The van der Waals surface area contributed by atoms with Crippen LogP contribution in [0.1, 0.15) is 16.8 Å². The molecule has 0 aliphatic heterocycles. The summed E-state index contributed by atoms with van der Waals surface area (Å²) in [6.45, 7) is 4.61. The van der Waals surface area contributed by atoms with Crippen LogP contribution in [0.4, 0.5) is 0 Å². The van der Waals surface area contributed by atoms with E-state index in [-0.39, 0.29) is 5.78 Å². The van der Waals surface area contributed by atoms with E-state index in [1.807, 2.05) is 13.1 Å². The van der Waals surface area contributed by atoms with E-state index in [0.717, 1.165) is 0 Å². The molecule has 0 saturated heterocycles. The van der Waals surface area contributed by atoms with Crippen molar-refractivity contribution in [2.45, 2.75) is 25.6 Å². The van der Waals surface area contributed by atoms with Crippen molar-refractivity contribution in [3.05, 3.63) is 29.8 Å². The van der Waals surface area contributed by atoms with E-state index in [1.54, 1.807) is 24.3 Å². The minimum Gasteiger partial charge on any atom is -0.492 e. The number of ether oxygens (including phenoxy) is 1. The molecule has 0 radical (unpaired) electrons. The minimum atomic E-state index is -2.14. The molecule has 0 atom stereocenters. The molecule has 0 aliphatic carbocycles. The molecular formula is C13H21NO3Si. The molecule has 1 aromatic rings. The lowest BCUT2D eigenvalue weighted by Gasteiger charge is -2.12. The topological polar surface area (TPSA) is 72.5 Å². The number of hydrogen-bond acceptors (Lipinski definition) is 4. The summed E-state index contributed by atoms with van der Waals surface area (Å²) >= 11 is 0. The van der Waals surface area contributed by atoms with Crippen LogP contribution >= 0.6 is 0 Å². The fraction of sp³-hybridized carbons (Fsp3) is 0.462. The molecule has 0 spiro atoms. The lowest BCUT2D eigenvalue weighted by molar-refractivity contribution is 0.0986. The van der Waals surface area contributed by atoms with Crippen LogP contribution in [0.15, 0.2) is 24.3 Å². The lowest BCUT2D eigenvalue weighted by Crippen LogP contribution is -2.25. The van der Waals surface area contributed by atoms with Gasteiger partial charge in [-0.3, -0.25) is 4.79 Å². The SMILES string of the molecule is C[Si](C)(O)CCC(=O)c1ccc(OCCN)cc1. The van der Waals surface area contributed by atoms with Crippen LogP contribution in [-0.4, -0.2) is 32.0 Å². The molecule has 0 heterocycles. The van der Waals surface area contributed by atoms with E-state index >= 15 is 0 Å². The first-order valence-corrected chi connectivity index (χ1v) is 9.26. The van der Waals surface area contributed by atoms with Gasteiger partial charge in [0.15, 0.2) is 14.1 Å². The standard InChI is InChI=1S/C13H21NO3Si/c1-18(2,16)10-7-13(15)11-3-5-12(6-4-11)17-9-8-14/h3-6,16H,7-10,14H2,1-2H3. The Labute approximate surface area is 109 Å². The predicted octanol–water partition coefficient (Wildman–Crippen LogP) is 1.79. The van der Waals surface area contributed by atoms with Gasteiger partial charge in [0.25, 0.3) is 0 Å². The van der Waals surface area contributed by atoms with E-state index in [0.29, 0.717) is 36.9 Å². The summed E-state index contributed by atoms with van der Waals surface area (Å²) in [5, 5.41) is 0. The fourth-order valence-corrected chi connectivity index (χ4v) is 2.32. The first-order chi connectivity index (χ1) is 8.42. The molecule has 1 aromatic carbocycles. The number of Topliss-reactive ketones (excluding diaryl/α,β-unsaturated/α-hetero) is 1. The molecule has 0 aromatic heterocycles. The smallest absolute Gasteiger partial charge is 0.183 e. The zero-order chi connectivity index (χ0) is 13.6. The minimum absolute atomic E-state index is 0.0648. The number of carbonyl (C=O) groups excluding carboxylic acids is 1. The average Bonchev–Trinajstić information content (AvgIpc) is 2.33. The average molecular weight is 267 g/mol. The Morgan fingerprint density at radius 3 is 2.44 bits per heavy atom. The van der Waals surface area contributed by atoms with Crippen LogP contribution in [0.5, 0.6) is 5.75 Å². The summed E-state index contributed by atoms with van der Waals surface area (Å²) in [4.78, 5) is 21.6. The van der Waals surface area contributed by atoms with Crippen LogP contribution in [0, 0.1) is 0 Å². The predicted molar refractivity (Wildman–Crippen MR) is 74.4 cm³/mol. The quantitative estimate of drug-likeness (QED) is 0.583. The molecule has 0 bridgehead atoms. The normalized spacial score (nSPS) is 11.3. The summed E-state index contributed by atoms with van der Waals surface area (Å²) in [6.07, 6.45) is 0.402. The molecule has 0 fully saturated rings. The summed E-state index contributed by atoms with van der Waals surface area (Å²) in [7, 11) is -2.14. The molecule has 5 heteroatoms. The van der Waals surface area contributed by atoms with E-state index in [2.05, 4.69) is 0 Å². The molecule has 1 rings (SSSR count). The highest BCUT2D eigenvalue weighted by Crippen LogP contribution is 2.16. The van der Waals surface area contributed by atoms with Crippen molar-refractivity contribution < 1.29 is 14.3 Å². The van der Waals surface area contributed by atoms with Crippen LogP contribution in [0.25, 0.3) is 0 Å². The highest BCUT2D eigenvalue weighted by atomic mass is 28.4. The molecule has 0 amide bonds. The first-order valence-electron chi connectivity index (χ1n) is 6.11. The number of rotatable bonds is 7. The van der Waals surface area contributed by atoms with Gasteiger partial charge in [-0.05, 0) is 43.4 Å². The third kappa shape index (κ3) is 5.44. The molecule has 18 heavy (non-hydrogen) atoms. The van der Waals surface area contributed by atoms with E-state index in [4.69, 9.17) is 10.5 Å². The van der Waals surface area contributed by atoms with Gasteiger partial charge in [-0.1, -0.05) is 0 Å². The van der Waals surface area contributed by atoms with Gasteiger partial charge in [-0.2, -0.15) is 0 Å². The van der Waals surface area contributed by atoms with Gasteiger partial charge in [0.2, 0.25) is 0 Å². The summed E-state index contributed by atoms with van der Waals surface area (Å²) in [5.74, 6) is 0.781. The van der Waals surface area contributed by atoms with E-state index < -0.39 is 8.32 Å². The van der Waals surface area contributed by atoms with Gasteiger partial charge in [0, 0.05) is 18.5 Å². The molecule has 3 N–H and O–H groups in total. The van der Waals surface area contributed by atoms with Crippen LogP contribution in [0.3, 0.4) is 0 Å². The Hall–Kier alpha value is -1.17. The van der Waals surface area contributed by atoms with Gasteiger partial charge >= 0.3 is 0 Å². The zero-order valence-electron chi connectivity index (χ0n) is 11.0. The van der Waals surface area contributed by atoms with Gasteiger partial charge < -0.3 is 15.3 Å². The zero-order valence-corrected chi connectivity index (χ0v) is 12.0. The van der Waals surface area contributed by atoms with Crippen molar-refractivity contribution in [3.8, 4) is 5.75 Å². The number of nitrogens with two attached hydrogens (primary N) is 1. The number of hydrogen-bond donors (Lipinski definition) is 2. The Kier molecular flexibility index (Phi) is 5.52. The summed E-state index contributed by atoms with van der Waals surface area (Å²) < 4.78 is 5.33. The van der Waals surface area contributed by atoms with Crippen molar-refractivity contribution in [2.75, 3.05) is 13.2 Å². The molecule has 0 unspecified atom stereocenters. The highest BCUT2D eigenvalue weighted by molar-refractivity contribution is 6.70. The lowest BCUT2D eigenvalue weighted by atomic mass is 10.1. The summed E-state index contributed by atoms with van der Waals surface area (Å²) in [6, 6.07) is 7.63. The fourth-order valence-electron chi connectivity index (χ4n) is 1.48. The van der Waals surface area contributed by atoms with E-state index in [9.17, 15) is 9.59 Å². The second-order valence-corrected chi connectivity index (χ2v) is 9.02. The van der Waals surface area contributed by atoms with Crippen molar-refractivity contribution in [3.63, 3.8) is 0 Å². The maximum atomic E-state index is 11.9. The summed E-state index contributed by atoms with van der Waals surface area (Å²) in [5.41, 5.74) is 6.00. The second-order valence-electron chi connectivity index (χ2n) is 4.90. The van der Waals surface area contributed by atoms with Crippen LogP contribution in [-0.2, 0) is 0 Å². The second kappa shape index (κ2) is 6.68. The van der Waals surface area contributed by atoms with Crippen molar-refractivity contribution in [1.82, 2.24) is 0 Å². The van der Waals surface area contributed by atoms with Crippen molar-refractivity contribution >= 4 is 14.1 Å². The van der Waals surface area contributed by atoms with E-state index in [1.165, 1.54) is 0 Å². The van der Waals surface area contributed by atoms with Crippen molar-refractivity contribution in [1.29, 1.82) is 0 Å². The molecular weight excluding hydrogens is 246 g/mol. The van der Waals surface area contributed by atoms with Crippen molar-refractivity contribution in [2.24, 2.45) is 5.73 Å². The van der Waals surface area contributed by atoms with Crippen LogP contribution in [0.2, 0.25) is 19.1 Å². The van der Waals surface area contributed by atoms with Gasteiger partial charge in [-0.25, -0.2) is 0 Å². The first kappa shape index (κ1) is 14.9. The van der Waals surface area contributed by atoms with Crippen LogP contribution < -0.4 is 10.5 Å². The number of benzene rings is 1. The third-order valence-corrected chi connectivity index (χ3v) is 4.00. The monoisotopic (exact) mass is 267 g/mol. The Morgan fingerprint density at radius 2 is 1.94 bits per heavy atom. The van der Waals surface area contributed by atoms with Gasteiger partial charge in [0.1, 0.15) is 12.4 Å². The van der Waals surface area contributed by atoms with Gasteiger partial charge in [0.05, 0.1) is 0 Å². The molecule has 100 valence electrons. The molecule has 4 nitrogen and oxygen atoms in total. The van der Waals surface area contributed by atoms with Gasteiger partial charge in [-0.15, -0.1) is 0 Å².